The highest BCUT2D eigenvalue weighted by Crippen LogP contribution is 2.24. The Kier molecular flexibility index (Phi) is 5.69. The smallest absolute Gasteiger partial charge is 0.127 e. The summed E-state index contributed by atoms with van der Waals surface area (Å²) in [5.41, 5.74) is 3.63. The maximum absolute atomic E-state index is 5.43. The fraction of sp³-hybridized carbons (Fsp3) is 0.250. The van der Waals surface area contributed by atoms with Crippen LogP contribution in [0.1, 0.15) is 16.7 Å². The molecule has 3 aromatic rings. The summed E-state index contributed by atoms with van der Waals surface area (Å²) in [6, 6.07) is 14.5. The molecule has 0 saturated carbocycles. The summed E-state index contributed by atoms with van der Waals surface area (Å²) >= 11 is 0. The minimum Gasteiger partial charge on any atom is -0.497 e. The number of hydrogen-bond acceptors (Lipinski definition) is 4. The zero-order chi connectivity index (χ0) is 17.5. The molecule has 0 amide bonds. The van der Waals surface area contributed by atoms with Crippen molar-refractivity contribution >= 4 is 0 Å². The fourth-order valence-corrected chi connectivity index (χ4v) is 2.69. The first-order valence-electron chi connectivity index (χ1n) is 8.23. The first-order chi connectivity index (χ1) is 12.3. The molecule has 1 heterocycles. The van der Waals surface area contributed by atoms with Crippen molar-refractivity contribution in [1.82, 2.24) is 14.9 Å². The molecule has 5 heteroatoms. The van der Waals surface area contributed by atoms with Gasteiger partial charge in [-0.25, -0.2) is 4.98 Å². The molecule has 3 rings (SSSR count). The molecule has 0 spiro atoms. The topological polar surface area (TPSA) is 48.3 Å². The highest BCUT2D eigenvalue weighted by atomic mass is 16.5. The summed E-state index contributed by atoms with van der Waals surface area (Å²) in [7, 11) is 3.33. The van der Waals surface area contributed by atoms with E-state index in [1.165, 1.54) is 11.1 Å². The molecule has 0 saturated heterocycles. The number of nitrogens with one attached hydrogen (secondary N) is 1. The number of rotatable bonds is 8. The van der Waals surface area contributed by atoms with Crippen LogP contribution in [0.3, 0.4) is 0 Å². The molecule has 0 fully saturated rings. The van der Waals surface area contributed by atoms with Crippen LogP contribution >= 0.6 is 0 Å². The van der Waals surface area contributed by atoms with Crippen LogP contribution in [-0.4, -0.2) is 23.8 Å². The van der Waals surface area contributed by atoms with E-state index in [-0.39, 0.29) is 0 Å². The zero-order valence-electron chi connectivity index (χ0n) is 14.6. The number of hydrogen-bond donors (Lipinski definition) is 1. The Hall–Kier alpha value is -2.79. The SMILES string of the molecule is COc1ccc(CNCc2ccc(Cn3ccnc3)cc2)c(OC)c1. The molecule has 0 radical (unpaired) electrons. The normalized spacial score (nSPS) is 10.6. The Morgan fingerprint density at radius 2 is 1.76 bits per heavy atom. The minimum absolute atomic E-state index is 0.740. The van der Waals surface area contributed by atoms with Crippen LogP contribution in [0.25, 0.3) is 0 Å². The van der Waals surface area contributed by atoms with Gasteiger partial charge in [0.05, 0.1) is 20.5 Å². The van der Waals surface area contributed by atoms with Gasteiger partial charge >= 0.3 is 0 Å². The molecule has 0 aliphatic heterocycles. The van der Waals surface area contributed by atoms with Gasteiger partial charge in [0.15, 0.2) is 0 Å². The summed E-state index contributed by atoms with van der Waals surface area (Å²) in [5, 5.41) is 3.46. The first-order valence-corrected chi connectivity index (χ1v) is 8.23. The van der Waals surface area contributed by atoms with Gasteiger partial charge in [-0.2, -0.15) is 0 Å². The quantitative estimate of drug-likeness (QED) is 0.685. The van der Waals surface area contributed by atoms with Gasteiger partial charge in [0, 0.05) is 43.7 Å². The van der Waals surface area contributed by atoms with Gasteiger partial charge in [0.2, 0.25) is 0 Å². The molecule has 5 nitrogen and oxygen atoms in total. The lowest BCUT2D eigenvalue weighted by atomic mass is 10.1. The van der Waals surface area contributed by atoms with E-state index in [9.17, 15) is 0 Å². The molecule has 0 bridgehead atoms. The van der Waals surface area contributed by atoms with Gasteiger partial charge in [-0.3, -0.25) is 0 Å². The second kappa shape index (κ2) is 8.35. The van der Waals surface area contributed by atoms with E-state index in [4.69, 9.17) is 9.47 Å². The van der Waals surface area contributed by atoms with Crippen molar-refractivity contribution in [1.29, 1.82) is 0 Å². The van der Waals surface area contributed by atoms with Gasteiger partial charge in [0.1, 0.15) is 11.5 Å². The van der Waals surface area contributed by atoms with Crippen molar-refractivity contribution in [3.05, 3.63) is 77.9 Å². The molecular weight excluding hydrogens is 314 g/mol. The summed E-state index contributed by atoms with van der Waals surface area (Å²) in [5.74, 6) is 1.64. The third-order valence-electron chi connectivity index (χ3n) is 4.09. The fourth-order valence-electron chi connectivity index (χ4n) is 2.69. The highest BCUT2D eigenvalue weighted by Gasteiger charge is 2.05. The van der Waals surface area contributed by atoms with Crippen molar-refractivity contribution in [2.24, 2.45) is 0 Å². The third-order valence-corrected chi connectivity index (χ3v) is 4.09. The summed E-state index contributed by atoms with van der Waals surface area (Å²) in [6.45, 7) is 2.39. The Balaban J connectivity index is 1.53. The number of imidazole rings is 1. The molecule has 0 aliphatic rings. The van der Waals surface area contributed by atoms with E-state index in [0.717, 1.165) is 36.7 Å². The maximum atomic E-state index is 5.43. The molecule has 25 heavy (non-hydrogen) atoms. The largest absolute Gasteiger partial charge is 0.497 e. The van der Waals surface area contributed by atoms with Crippen LogP contribution in [0.4, 0.5) is 0 Å². The molecule has 0 aliphatic carbocycles. The second-order valence-electron chi connectivity index (χ2n) is 5.83. The average molecular weight is 337 g/mol. The standard InChI is InChI=1S/C20H23N3O2/c1-24-19-8-7-18(20(11-19)25-2)13-22-12-16-3-5-17(6-4-16)14-23-10-9-21-15-23/h3-11,15,22H,12-14H2,1-2H3. The van der Waals surface area contributed by atoms with Gasteiger partial charge in [-0.15, -0.1) is 0 Å². The highest BCUT2D eigenvalue weighted by molar-refractivity contribution is 5.40. The number of aromatic nitrogens is 2. The van der Waals surface area contributed by atoms with Crippen LogP contribution < -0.4 is 14.8 Å². The summed E-state index contributed by atoms with van der Waals surface area (Å²) in [6.07, 6.45) is 5.60. The first kappa shape index (κ1) is 17.0. The third kappa shape index (κ3) is 4.61. The van der Waals surface area contributed by atoms with E-state index in [1.54, 1.807) is 20.4 Å². The number of benzene rings is 2. The Morgan fingerprint density at radius 3 is 2.44 bits per heavy atom. The average Bonchev–Trinajstić information content (AvgIpc) is 3.16. The van der Waals surface area contributed by atoms with Gasteiger partial charge < -0.3 is 19.4 Å². The zero-order valence-corrected chi connectivity index (χ0v) is 14.6. The lowest BCUT2D eigenvalue weighted by Gasteiger charge is -2.11. The lowest BCUT2D eigenvalue weighted by Crippen LogP contribution is -2.13. The predicted octanol–water partition coefficient (Wildman–Crippen LogP) is 3.24. The van der Waals surface area contributed by atoms with E-state index in [2.05, 4.69) is 39.1 Å². The van der Waals surface area contributed by atoms with Gasteiger partial charge in [-0.1, -0.05) is 30.3 Å². The summed E-state index contributed by atoms with van der Waals surface area (Å²) < 4.78 is 12.7. The van der Waals surface area contributed by atoms with Crippen LogP contribution in [0.2, 0.25) is 0 Å². The molecule has 1 N–H and O–H groups in total. The van der Waals surface area contributed by atoms with Gasteiger partial charge in [0.25, 0.3) is 0 Å². The monoisotopic (exact) mass is 337 g/mol. The minimum atomic E-state index is 0.740. The van der Waals surface area contributed by atoms with Crippen LogP contribution in [0.15, 0.2) is 61.2 Å². The van der Waals surface area contributed by atoms with E-state index in [0.29, 0.717) is 0 Å². The predicted molar refractivity (Wildman–Crippen MR) is 97.9 cm³/mol. The van der Waals surface area contributed by atoms with Crippen molar-refractivity contribution in [2.75, 3.05) is 14.2 Å². The molecule has 130 valence electrons. The Labute approximate surface area is 148 Å². The molecular formula is C20H23N3O2. The lowest BCUT2D eigenvalue weighted by molar-refractivity contribution is 0.390. The molecule has 1 aromatic heterocycles. The number of nitrogens with zero attached hydrogens (tertiary/aromatic N) is 2. The van der Waals surface area contributed by atoms with Crippen molar-refractivity contribution < 1.29 is 9.47 Å². The van der Waals surface area contributed by atoms with Crippen LogP contribution in [-0.2, 0) is 19.6 Å². The molecule has 0 unspecified atom stereocenters. The number of ether oxygens (including phenoxy) is 2. The van der Waals surface area contributed by atoms with Crippen LogP contribution in [0.5, 0.6) is 11.5 Å². The Morgan fingerprint density at radius 1 is 0.960 bits per heavy atom. The number of methoxy groups -OCH3 is 2. The van der Waals surface area contributed by atoms with Crippen molar-refractivity contribution in [2.45, 2.75) is 19.6 Å². The van der Waals surface area contributed by atoms with Crippen molar-refractivity contribution in [3.8, 4) is 11.5 Å². The van der Waals surface area contributed by atoms with E-state index < -0.39 is 0 Å². The van der Waals surface area contributed by atoms with E-state index >= 15 is 0 Å². The van der Waals surface area contributed by atoms with E-state index in [1.807, 2.05) is 30.7 Å². The molecule has 2 aromatic carbocycles. The second-order valence-corrected chi connectivity index (χ2v) is 5.83. The van der Waals surface area contributed by atoms with Crippen molar-refractivity contribution in [3.63, 3.8) is 0 Å². The van der Waals surface area contributed by atoms with Crippen LogP contribution in [0, 0.1) is 0 Å². The van der Waals surface area contributed by atoms with Gasteiger partial charge in [-0.05, 0) is 17.2 Å². The maximum Gasteiger partial charge on any atom is 0.127 e. The Bertz CT molecular complexity index is 783. The summed E-state index contributed by atoms with van der Waals surface area (Å²) in [4.78, 5) is 4.07. The molecule has 0 atom stereocenters.